The number of aryl methyl sites for hydroxylation is 1. The highest BCUT2D eigenvalue weighted by molar-refractivity contribution is 6.10. The first kappa shape index (κ1) is 19.4. The molecular weight excluding hydrogens is 392 g/mol. The number of halogens is 2. The summed E-state index contributed by atoms with van der Waals surface area (Å²) in [6, 6.07) is 14.0. The zero-order valence-electron chi connectivity index (χ0n) is 15.8. The van der Waals surface area contributed by atoms with Crippen LogP contribution in [0.3, 0.4) is 0 Å². The molecule has 0 saturated carbocycles. The standard InChI is InChI=1S/C23H15F2NO4/c1-13-5-7-14(8-6-13)19(27)12-26-18-10-9-15(11-20(18)30-23(26)29)22(28)21-16(24)3-2-4-17(21)25/h2-11H,12H2,1H3. The van der Waals surface area contributed by atoms with Gasteiger partial charge in [-0.1, -0.05) is 35.9 Å². The molecule has 4 aromatic rings. The van der Waals surface area contributed by atoms with Crippen molar-refractivity contribution in [1.82, 2.24) is 4.57 Å². The number of oxazole rings is 1. The number of hydrogen-bond acceptors (Lipinski definition) is 4. The summed E-state index contributed by atoms with van der Waals surface area (Å²) in [7, 11) is 0. The molecule has 0 radical (unpaired) electrons. The van der Waals surface area contributed by atoms with Gasteiger partial charge in [-0.05, 0) is 37.3 Å². The number of fused-ring (bicyclic) bond motifs is 1. The highest BCUT2D eigenvalue weighted by atomic mass is 19.1. The van der Waals surface area contributed by atoms with Crippen molar-refractivity contribution in [1.29, 1.82) is 0 Å². The fourth-order valence-electron chi connectivity index (χ4n) is 3.19. The molecule has 0 unspecified atom stereocenters. The maximum absolute atomic E-state index is 13.9. The van der Waals surface area contributed by atoms with Crippen LogP contribution in [0.4, 0.5) is 8.78 Å². The van der Waals surface area contributed by atoms with Crippen LogP contribution in [0.1, 0.15) is 31.8 Å². The fourth-order valence-corrected chi connectivity index (χ4v) is 3.19. The molecule has 30 heavy (non-hydrogen) atoms. The van der Waals surface area contributed by atoms with Gasteiger partial charge in [0.15, 0.2) is 17.1 Å². The highest BCUT2D eigenvalue weighted by Crippen LogP contribution is 2.21. The van der Waals surface area contributed by atoms with Crippen LogP contribution in [0.15, 0.2) is 69.9 Å². The average molecular weight is 407 g/mol. The molecule has 1 heterocycles. The summed E-state index contributed by atoms with van der Waals surface area (Å²) in [6.45, 7) is 1.65. The van der Waals surface area contributed by atoms with Crippen LogP contribution < -0.4 is 5.76 Å². The summed E-state index contributed by atoms with van der Waals surface area (Å²) in [4.78, 5) is 37.3. The minimum atomic E-state index is -0.984. The predicted molar refractivity (Wildman–Crippen MR) is 106 cm³/mol. The van der Waals surface area contributed by atoms with Gasteiger partial charge in [0.25, 0.3) is 0 Å². The van der Waals surface area contributed by atoms with Gasteiger partial charge in [0, 0.05) is 11.1 Å². The molecule has 0 bridgehead atoms. The van der Waals surface area contributed by atoms with Crippen LogP contribution in [0, 0.1) is 18.6 Å². The summed E-state index contributed by atoms with van der Waals surface area (Å²) in [5, 5.41) is 0. The monoisotopic (exact) mass is 407 g/mol. The zero-order valence-corrected chi connectivity index (χ0v) is 15.8. The number of carbonyl (C=O) groups is 2. The molecule has 0 aliphatic carbocycles. The van der Waals surface area contributed by atoms with E-state index in [9.17, 15) is 23.2 Å². The quantitative estimate of drug-likeness (QED) is 0.463. The molecule has 4 rings (SSSR count). The summed E-state index contributed by atoms with van der Waals surface area (Å²) < 4.78 is 34.2. The van der Waals surface area contributed by atoms with Gasteiger partial charge in [-0.25, -0.2) is 13.6 Å². The third-order valence-corrected chi connectivity index (χ3v) is 4.80. The van der Waals surface area contributed by atoms with E-state index in [1.54, 1.807) is 24.3 Å². The smallest absolute Gasteiger partial charge is 0.408 e. The minimum absolute atomic E-state index is 0.0410. The maximum Gasteiger partial charge on any atom is 0.420 e. The van der Waals surface area contributed by atoms with E-state index in [2.05, 4.69) is 0 Å². The normalized spacial score (nSPS) is 11.0. The average Bonchev–Trinajstić information content (AvgIpc) is 3.02. The minimum Gasteiger partial charge on any atom is -0.408 e. The van der Waals surface area contributed by atoms with Crippen LogP contribution >= 0.6 is 0 Å². The Bertz CT molecular complexity index is 1330. The van der Waals surface area contributed by atoms with Crippen molar-refractivity contribution >= 4 is 22.7 Å². The van der Waals surface area contributed by atoms with E-state index in [4.69, 9.17) is 4.42 Å². The fraction of sp³-hybridized carbons (Fsp3) is 0.0870. The van der Waals surface area contributed by atoms with E-state index < -0.39 is 28.7 Å². The second-order valence-electron chi connectivity index (χ2n) is 6.85. The van der Waals surface area contributed by atoms with E-state index in [0.29, 0.717) is 11.1 Å². The first-order chi connectivity index (χ1) is 14.3. The predicted octanol–water partition coefficient (Wildman–Crippen LogP) is 4.30. The number of benzene rings is 3. The molecule has 0 saturated heterocycles. The Morgan fingerprint density at radius 1 is 0.933 bits per heavy atom. The van der Waals surface area contributed by atoms with E-state index in [1.165, 1.54) is 18.2 Å². The Morgan fingerprint density at radius 2 is 1.57 bits per heavy atom. The number of nitrogens with zero attached hydrogens (tertiary/aromatic N) is 1. The second-order valence-corrected chi connectivity index (χ2v) is 6.85. The molecular formula is C23H15F2NO4. The van der Waals surface area contributed by atoms with Crippen molar-refractivity contribution in [3.8, 4) is 0 Å². The first-order valence-corrected chi connectivity index (χ1v) is 9.07. The molecule has 0 amide bonds. The highest BCUT2D eigenvalue weighted by Gasteiger charge is 2.21. The Kier molecular flexibility index (Phi) is 4.87. The number of aromatic nitrogens is 1. The van der Waals surface area contributed by atoms with Crippen molar-refractivity contribution in [3.63, 3.8) is 0 Å². The van der Waals surface area contributed by atoms with Gasteiger partial charge in [-0.2, -0.15) is 0 Å². The number of hydrogen-bond donors (Lipinski definition) is 0. The summed E-state index contributed by atoms with van der Waals surface area (Å²) in [5.74, 6) is -3.90. The molecule has 150 valence electrons. The lowest BCUT2D eigenvalue weighted by atomic mass is 10.0. The van der Waals surface area contributed by atoms with Gasteiger partial charge < -0.3 is 4.42 Å². The number of Topliss-reactive ketones (excluding diaryl/α,β-unsaturated/α-hetero) is 1. The maximum atomic E-state index is 13.9. The molecule has 0 N–H and O–H groups in total. The van der Waals surface area contributed by atoms with Crippen LogP contribution in [0.25, 0.3) is 11.1 Å². The van der Waals surface area contributed by atoms with Crippen molar-refractivity contribution < 1.29 is 22.8 Å². The van der Waals surface area contributed by atoms with Gasteiger partial charge in [0.2, 0.25) is 0 Å². The Balaban J connectivity index is 1.69. The molecule has 0 aliphatic heterocycles. The molecule has 0 spiro atoms. The third-order valence-electron chi connectivity index (χ3n) is 4.80. The number of ketones is 2. The first-order valence-electron chi connectivity index (χ1n) is 9.07. The number of rotatable bonds is 5. The van der Waals surface area contributed by atoms with E-state index in [1.807, 2.05) is 6.92 Å². The Hall–Kier alpha value is -3.87. The lowest BCUT2D eigenvalue weighted by molar-refractivity contribution is 0.0969. The van der Waals surface area contributed by atoms with Gasteiger partial charge in [0.05, 0.1) is 17.6 Å². The van der Waals surface area contributed by atoms with Gasteiger partial charge in [-0.15, -0.1) is 0 Å². The van der Waals surface area contributed by atoms with Crippen molar-refractivity contribution in [2.75, 3.05) is 0 Å². The van der Waals surface area contributed by atoms with Crippen LogP contribution in [0.5, 0.6) is 0 Å². The van der Waals surface area contributed by atoms with E-state index in [0.717, 1.165) is 28.3 Å². The Morgan fingerprint density at radius 3 is 2.23 bits per heavy atom. The van der Waals surface area contributed by atoms with Crippen LogP contribution in [0.2, 0.25) is 0 Å². The lowest BCUT2D eigenvalue weighted by Gasteiger charge is -2.05. The second kappa shape index (κ2) is 7.51. The summed E-state index contributed by atoms with van der Waals surface area (Å²) >= 11 is 0. The van der Waals surface area contributed by atoms with Crippen LogP contribution in [-0.2, 0) is 6.54 Å². The van der Waals surface area contributed by atoms with Crippen molar-refractivity contribution in [3.05, 3.63) is 105 Å². The summed E-state index contributed by atoms with van der Waals surface area (Å²) in [6.07, 6.45) is 0. The summed E-state index contributed by atoms with van der Waals surface area (Å²) in [5.41, 5.74) is 1.06. The molecule has 0 aliphatic rings. The van der Waals surface area contributed by atoms with Crippen LogP contribution in [-0.4, -0.2) is 16.1 Å². The Labute approximate surface area is 169 Å². The van der Waals surface area contributed by atoms with Gasteiger partial charge in [-0.3, -0.25) is 14.2 Å². The SMILES string of the molecule is Cc1ccc(C(=O)Cn2c(=O)oc3cc(C(=O)c4c(F)cccc4F)ccc32)cc1. The van der Waals surface area contributed by atoms with Crippen molar-refractivity contribution in [2.24, 2.45) is 0 Å². The van der Waals surface area contributed by atoms with Gasteiger partial charge in [0.1, 0.15) is 11.6 Å². The van der Waals surface area contributed by atoms with Crippen molar-refractivity contribution in [2.45, 2.75) is 13.5 Å². The third kappa shape index (κ3) is 3.45. The topological polar surface area (TPSA) is 69.3 Å². The molecule has 0 fully saturated rings. The van der Waals surface area contributed by atoms with E-state index >= 15 is 0 Å². The lowest BCUT2D eigenvalue weighted by Crippen LogP contribution is -2.20. The molecule has 7 heteroatoms. The molecule has 0 atom stereocenters. The molecule has 3 aromatic carbocycles. The zero-order chi connectivity index (χ0) is 21.4. The molecule has 5 nitrogen and oxygen atoms in total. The number of carbonyl (C=O) groups excluding carboxylic acids is 2. The molecule has 1 aromatic heterocycles. The van der Waals surface area contributed by atoms with Gasteiger partial charge >= 0.3 is 5.76 Å². The van der Waals surface area contributed by atoms with E-state index in [-0.39, 0.29) is 23.5 Å². The largest absolute Gasteiger partial charge is 0.420 e.